The molecule has 1 unspecified atom stereocenters. The van der Waals surface area contributed by atoms with E-state index >= 15 is 0 Å². The summed E-state index contributed by atoms with van der Waals surface area (Å²) in [5.74, 6) is -0.152. The Labute approximate surface area is 89.8 Å². The minimum atomic E-state index is -0.494. The Morgan fingerprint density at radius 3 is 2.93 bits per heavy atom. The van der Waals surface area contributed by atoms with E-state index in [1.54, 1.807) is 7.11 Å². The SMILES string of the molecule is C=C1CN2C[C@@H](OC)CC2(C(=O)OC)C1. The Morgan fingerprint density at radius 2 is 2.33 bits per heavy atom. The Hall–Kier alpha value is -0.870. The van der Waals surface area contributed by atoms with Gasteiger partial charge >= 0.3 is 5.97 Å². The van der Waals surface area contributed by atoms with Crippen LogP contribution < -0.4 is 0 Å². The van der Waals surface area contributed by atoms with E-state index in [2.05, 4.69) is 11.5 Å². The highest BCUT2D eigenvalue weighted by Crippen LogP contribution is 2.42. The van der Waals surface area contributed by atoms with Gasteiger partial charge in [0.15, 0.2) is 0 Å². The van der Waals surface area contributed by atoms with Crippen LogP contribution in [0.5, 0.6) is 0 Å². The van der Waals surface area contributed by atoms with Crippen LogP contribution >= 0.6 is 0 Å². The van der Waals surface area contributed by atoms with Gasteiger partial charge in [0.05, 0.1) is 13.2 Å². The molecule has 2 saturated heterocycles. The summed E-state index contributed by atoms with van der Waals surface area (Å²) in [5, 5.41) is 0. The predicted molar refractivity (Wildman–Crippen MR) is 55.5 cm³/mol. The van der Waals surface area contributed by atoms with Crippen molar-refractivity contribution in [2.75, 3.05) is 27.3 Å². The molecule has 4 heteroatoms. The zero-order valence-electron chi connectivity index (χ0n) is 9.28. The van der Waals surface area contributed by atoms with Crippen molar-refractivity contribution in [2.24, 2.45) is 0 Å². The Morgan fingerprint density at radius 1 is 1.60 bits per heavy atom. The van der Waals surface area contributed by atoms with Gasteiger partial charge in [-0.1, -0.05) is 12.2 Å². The van der Waals surface area contributed by atoms with Crippen molar-refractivity contribution in [3.05, 3.63) is 12.2 Å². The van der Waals surface area contributed by atoms with Crippen molar-refractivity contribution in [3.8, 4) is 0 Å². The van der Waals surface area contributed by atoms with Gasteiger partial charge in [-0.05, 0) is 6.42 Å². The molecule has 2 atom stereocenters. The minimum absolute atomic E-state index is 0.136. The number of nitrogens with zero attached hydrogens (tertiary/aromatic N) is 1. The average molecular weight is 211 g/mol. The summed E-state index contributed by atoms with van der Waals surface area (Å²) in [6.45, 7) is 5.54. The summed E-state index contributed by atoms with van der Waals surface area (Å²) < 4.78 is 10.2. The molecule has 84 valence electrons. The van der Waals surface area contributed by atoms with E-state index in [-0.39, 0.29) is 12.1 Å². The lowest BCUT2D eigenvalue weighted by molar-refractivity contribution is -0.151. The second kappa shape index (κ2) is 3.61. The third-order valence-corrected chi connectivity index (χ3v) is 3.45. The van der Waals surface area contributed by atoms with E-state index in [0.29, 0.717) is 6.42 Å². The lowest BCUT2D eigenvalue weighted by atomic mass is 9.92. The monoisotopic (exact) mass is 211 g/mol. The number of hydrogen-bond acceptors (Lipinski definition) is 4. The van der Waals surface area contributed by atoms with Crippen LogP contribution in [-0.4, -0.2) is 49.8 Å². The second-order valence-electron chi connectivity index (χ2n) is 4.39. The van der Waals surface area contributed by atoms with Crippen LogP contribution in [0.15, 0.2) is 12.2 Å². The van der Waals surface area contributed by atoms with Gasteiger partial charge in [0.2, 0.25) is 0 Å². The summed E-state index contributed by atoms with van der Waals surface area (Å²) >= 11 is 0. The number of methoxy groups -OCH3 is 2. The highest BCUT2D eigenvalue weighted by atomic mass is 16.5. The highest BCUT2D eigenvalue weighted by molar-refractivity contribution is 5.82. The number of rotatable bonds is 2. The van der Waals surface area contributed by atoms with E-state index in [0.717, 1.165) is 25.1 Å². The van der Waals surface area contributed by atoms with Gasteiger partial charge in [0.25, 0.3) is 0 Å². The number of ether oxygens (including phenoxy) is 2. The normalized spacial score (nSPS) is 35.6. The first kappa shape index (κ1) is 10.6. The van der Waals surface area contributed by atoms with Gasteiger partial charge in [-0.2, -0.15) is 0 Å². The molecule has 15 heavy (non-hydrogen) atoms. The maximum absolute atomic E-state index is 11.9. The van der Waals surface area contributed by atoms with Crippen LogP contribution in [-0.2, 0) is 14.3 Å². The molecule has 2 rings (SSSR count). The molecule has 4 nitrogen and oxygen atoms in total. The molecule has 0 radical (unpaired) electrons. The maximum atomic E-state index is 11.9. The van der Waals surface area contributed by atoms with E-state index in [9.17, 15) is 4.79 Å². The van der Waals surface area contributed by atoms with Crippen LogP contribution in [0.4, 0.5) is 0 Å². The molecule has 2 fully saturated rings. The zero-order valence-corrected chi connectivity index (χ0v) is 9.28. The summed E-state index contributed by atoms with van der Waals surface area (Å²) in [7, 11) is 3.13. The van der Waals surface area contributed by atoms with Crippen molar-refractivity contribution >= 4 is 5.97 Å². The van der Waals surface area contributed by atoms with Gasteiger partial charge in [-0.3, -0.25) is 9.69 Å². The third-order valence-electron chi connectivity index (χ3n) is 3.45. The van der Waals surface area contributed by atoms with Gasteiger partial charge in [-0.25, -0.2) is 0 Å². The summed E-state index contributed by atoms with van der Waals surface area (Å²) in [6, 6.07) is 0. The van der Waals surface area contributed by atoms with E-state index < -0.39 is 5.54 Å². The fraction of sp³-hybridized carbons (Fsp3) is 0.727. The van der Waals surface area contributed by atoms with Gasteiger partial charge in [0, 0.05) is 26.6 Å². The maximum Gasteiger partial charge on any atom is 0.326 e. The van der Waals surface area contributed by atoms with Crippen LogP contribution in [0.2, 0.25) is 0 Å². The van der Waals surface area contributed by atoms with Crippen molar-refractivity contribution in [3.63, 3.8) is 0 Å². The van der Waals surface area contributed by atoms with Gasteiger partial charge in [0.1, 0.15) is 5.54 Å². The van der Waals surface area contributed by atoms with Crippen molar-refractivity contribution in [2.45, 2.75) is 24.5 Å². The lowest BCUT2D eigenvalue weighted by Crippen LogP contribution is -2.46. The molecule has 2 aliphatic rings. The Bertz CT molecular complexity index is 302. The van der Waals surface area contributed by atoms with Gasteiger partial charge in [-0.15, -0.1) is 0 Å². The first-order chi connectivity index (χ1) is 7.12. The fourth-order valence-corrected chi connectivity index (χ4v) is 2.76. The topological polar surface area (TPSA) is 38.8 Å². The molecule has 2 heterocycles. The first-order valence-electron chi connectivity index (χ1n) is 5.15. The minimum Gasteiger partial charge on any atom is -0.468 e. The molecular weight excluding hydrogens is 194 g/mol. The van der Waals surface area contributed by atoms with Crippen molar-refractivity contribution in [1.82, 2.24) is 4.90 Å². The third kappa shape index (κ3) is 1.48. The Kier molecular flexibility index (Phi) is 2.56. The molecule has 0 amide bonds. The number of carbonyl (C=O) groups excluding carboxylic acids is 1. The molecule has 0 spiro atoms. The second-order valence-corrected chi connectivity index (χ2v) is 4.39. The Balaban J connectivity index is 2.25. The van der Waals surface area contributed by atoms with Crippen LogP contribution in [0.1, 0.15) is 12.8 Å². The zero-order chi connectivity index (χ0) is 11.1. The largest absolute Gasteiger partial charge is 0.468 e. The molecule has 0 N–H and O–H groups in total. The molecule has 2 aliphatic heterocycles. The van der Waals surface area contributed by atoms with Crippen molar-refractivity contribution < 1.29 is 14.3 Å². The predicted octanol–water partition coefficient (Wildman–Crippen LogP) is 0.579. The summed E-state index contributed by atoms with van der Waals surface area (Å²) in [6.07, 6.45) is 1.56. The molecule has 0 aromatic rings. The van der Waals surface area contributed by atoms with Crippen LogP contribution in [0.3, 0.4) is 0 Å². The lowest BCUT2D eigenvalue weighted by Gasteiger charge is -2.27. The van der Waals surface area contributed by atoms with E-state index in [1.807, 2.05) is 0 Å². The molecule has 0 bridgehead atoms. The number of hydrogen-bond donors (Lipinski definition) is 0. The number of esters is 1. The highest BCUT2D eigenvalue weighted by Gasteiger charge is 2.55. The average Bonchev–Trinajstić information content (AvgIpc) is 2.69. The fourth-order valence-electron chi connectivity index (χ4n) is 2.76. The molecule has 0 saturated carbocycles. The molecular formula is C11H17NO3. The molecule has 0 aromatic heterocycles. The number of carbonyl (C=O) groups is 1. The smallest absolute Gasteiger partial charge is 0.326 e. The van der Waals surface area contributed by atoms with Crippen LogP contribution in [0, 0.1) is 0 Å². The summed E-state index contributed by atoms with van der Waals surface area (Å²) in [4.78, 5) is 14.0. The summed E-state index contributed by atoms with van der Waals surface area (Å²) in [5.41, 5.74) is 0.613. The standard InChI is InChI=1S/C11H17NO3/c1-8-4-11(10(13)15-3)5-9(14-2)7-12(11)6-8/h9H,1,4-7H2,2-3H3/t9-,11?/m0/s1. The van der Waals surface area contributed by atoms with E-state index in [4.69, 9.17) is 9.47 Å². The quantitative estimate of drug-likeness (QED) is 0.494. The van der Waals surface area contributed by atoms with Gasteiger partial charge < -0.3 is 9.47 Å². The molecule has 0 aromatic carbocycles. The molecule has 0 aliphatic carbocycles. The van der Waals surface area contributed by atoms with Crippen molar-refractivity contribution in [1.29, 1.82) is 0 Å². The number of fused-ring (bicyclic) bond motifs is 1. The van der Waals surface area contributed by atoms with E-state index in [1.165, 1.54) is 7.11 Å². The first-order valence-corrected chi connectivity index (χ1v) is 5.15. The van der Waals surface area contributed by atoms with Crippen LogP contribution in [0.25, 0.3) is 0 Å².